The molecule has 1 aliphatic heterocycles. The predicted octanol–water partition coefficient (Wildman–Crippen LogP) is 2.29. The predicted molar refractivity (Wildman–Crippen MR) is 81.5 cm³/mol. The molecule has 3 unspecified atom stereocenters. The molecule has 0 radical (unpaired) electrons. The van der Waals surface area contributed by atoms with Crippen LogP contribution in [0.2, 0.25) is 0 Å². The van der Waals surface area contributed by atoms with Crippen molar-refractivity contribution in [3.05, 3.63) is 34.6 Å². The van der Waals surface area contributed by atoms with Crippen LogP contribution in [0.1, 0.15) is 25.7 Å². The largest absolute Gasteiger partial charge is 0.378 e. The van der Waals surface area contributed by atoms with Gasteiger partial charge in [-0.1, -0.05) is 12.1 Å². The van der Waals surface area contributed by atoms with Crippen LogP contribution in [0, 0.1) is 5.92 Å². The summed E-state index contributed by atoms with van der Waals surface area (Å²) in [5.74, 6) is 1.12. The second kappa shape index (κ2) is 5.15. The second-order valence-corrected chi connectivity index (χ2v) is 5.98. The first-order chi connectivity index (χ1) is 10.3. The van der Waals surface area contributed by atoms with E-state index in [-0.39, 0.29) is 5.56 Å². The molecular weight excluding hydrogens is 266 g/mol. The number of aromatic nitrogens is 2. The SMILES string of the molecule is O=c1[nH]c(NC2CCCC3OCCC23)nc2ccccc12. The third-order valence-corrected chi connectivity index (χ3v) is 4.72. The highest BCUT2D eigenvalue weighted by molar-refractivity contribution is 5.78. The number of ether oxygens (including phenoxy) is 1. The van der Waals surface area contributed by atoms with Gasteiger partial charge in [0.15, 0.2) is 0 Å². The molecule has 3 atom stereocenters. The fraction of sp³-hybridized carbons (Fsp3) is 0.500. The third-order valence-electron chi connectivity index (χ3n) is 4.72. The minimum absolute atomic E-state index is 0.0851. The molecular formula is C16H19N3O2. The van der Waals surface area contributed by atoms with E-state index in [9.17, 15) is 4.79 Å². The number of H-pyrrole nitrogens is 1. The van der Waals surface area contributed by atoms with Crippen molar-refractivity contribution < 1.29 is 4.74 Å². The maximum absolute atomic E-state index is 12.1. The molecule has 1 aromatic heterocycles. The molecule has 2 fully saturated rings. The summed E-state index contributed by atoms with van der Waals surface area (Å²) in [6.07, 6.45) is 4.91. The normalized spacial score (nSPS) is 28.5. The lowest BCUT2D eigenvalue weighted by atomic mass is 9.82. The number of nitrogens with zero attached hydrogens (tertiary/aromatic N) is 1. The summed E-state index contributed by atoms with van der Waals surface area (Å²) in [7, 11) is 0. The van der Waals surface area contributed by atoms with Gasteiger partial charge in [-0.2, -0.15) is 0 Å². The Hall–Kier alpha value is -1.88. The van der Waals surface area contributed by atoms with Crippen LogP contribution in [0.4, 0.5) is 5.95 Å². The molecule has 2 N–H and O–H groups in total. The molecule has 5 nitrogen and oxygen atoms in total. The van der Waals surface area contributed by atoms with Crippen LogP contribution in [0.25, 0.3) is 10.9 Å². The quantitative estimate of drug-likeness (QED) is 0.888. The Morgan fingerprint density at radius 2 is 2.14 bits per heavy atom. The van der Waals surface area contributed by atoms with Crippen molar-refractivity contribution in [3.8, 4) is 0 Å². The van der Waals surface area contributed by atoms with Crippen molar-refractivity contribution >= 4 is 16.9 Å². The van der Waals surface area contributed by atoms with E-state index >= 15 is 0 Å². The molecule has 0 bridgehead atoms. The molecule has 2 heterocycles. The van der Waals surface area contributed by atoms with E-state index in [0.29, 0.717) is 29.4 Å². The van der Waals surface area contributed by atoms with Crippen LogP contribution in [0.3, 0.4) is 0 Å². The van der Waals surface area contributed by atoms with Crippen molar-refractivity contribution in [1.82, 2.24) is 9.97 Å². The van der Waals surface area contributed by atoms with Gasteiger partial charge in [-0.15, -0.1) is 0 Å². The summed E-state index contributed by atoms with van der Waals surface area (Å²) in [4.78, 5) is 19.5. The molecule has 1 aliphatic carbocycles. The van der Waals surface area contributed by atoms with E-state index in [1.807, 2.05) is 18.2 Å². The number of rotatable bonds is 2. The first-order valence-electron chi connectivity index (χ1n) is 7.68. The smallest absolute Gasteiger partial charge is 0.260 e. The van der Waals surface area contributed by atoms with Gasteiger partial charge in [0, 0.05) is 18.6 Å². The van der Waals surface area contributed by atoms with Gasteiger partial charge >= 0.3 is 0 Å². The van der Waals surface area contributed by atoms with Gasteiger partial charge < -0.3 is 10.1 Å². The number of anilines is 1. The van der Waals surface area contributed by atoms with E-state index in [4.69, 9.17) is 4.74 Å². The molecule has 0 amide bonds. The Morgan fingerprint density at radius 3 is 3.10 bits per heavy atom. The van der Waals surface area contributed by atoms with Crippen LogP contribution in [0.5, 0.6) is 0 Å². The molecule has 21 heavy (non-hydrogen) atoms. The van der Waals surface area contributed by atoms with E-state index in [2.05, 4.69) is 15.3 Å². The maximum Gasteiger partial charge on any atom is 0.260 e. The van der Waals surface area contributed by atoms with Crippen molar-refractivity contribution in [3.63, 3.8) is 0 Å². The highest BCUT2D eigenvalue weighted by Gasteiger charge is 2.37. The summed E-state index contributed by atoms with van der Waals surface area (Å²) < 4.78 is 5.79. The molecule has 1 saturated heterocycles. The summed E-state index contributed by atoms with van der Waals surface area (Å²) in [5, 5.41) is 4.07. The lowest BCUT2D eigenvalue weighted by Gasteiger charge is -2.33. The average Bonchev–Trinajstić information content (AvgIpc) is 2.97. The standard InChI is InChI=1S/C16H19N3O2/c20-15-11-4-1-2-5-13(11)18-16(19-15)17-12-6-3-7-14-10(12)8-9-21-14/h1-2,4-5,10,12,14H,3,6-9H2,(H2,17,18,19,20). The molecule has 5 heteroatoms. The number of fused-ring (bicyclic) bond motifs is 2. The topological polar surface area (TPSA) is 67.0 Å². The van der Waals surface area contributed by atoms with Crippen LogP contribution in [-0.2, 0) is 4.74 Å². The zero-order chi connectivity index (χ0) is 14.2. The molecule has 0 spiro atoms. The number of nitrogens with one attached hydrogen (secondary N) is 2. The van der Waals surface area contributed by atoms with E-state index in [1.165, 1.54) is 0 Å². The fourth-order valence-electron chi connectivity index (χ4n) is 3.69. The van der Waals surface area contributed by atoms with Crippen molar-refractivity contribution in [2.75, 3.05) is 11.9 Å². The highest BCUT2D eigenvalue weighted by Crippen LogP contribution is 2.35. The minimum atomic E-state index is -0.0851. The van der Waals surface area contributed by atoms with Gasteiger partial charge in [0.25, 0.3) is 5.56 Å². The van der Waals surface area contributed by atoms with Gasteiger partial charge in [-0.05, 0) is 37.8 Å². The molecule has 4 rings (SSSR count). The van der Waals surface area contributed by atoms with E-state index < -0.39 is 0 Å². The highest BCUT2D eigenvalue weighted by atomic mass is 16.5. The average molecular weight is 285 g/mol. The number of benzene rings is 1. The first kappa shape index (κ1) is 12.8. The Bertz CT molecular complexity index is 712. The number of hydrogen-bond donors (Lipinski definition) is 2. The zero-order valence-electron chi connectivity index (χ0n) is 11.8. The maximum atomic E-state index is 12.1. The summed E-state index contributed by atoms with van der Waals surface area (Å²) in [5.41, 5.74) is 0.650. The second-order valence-electron chi connectivity index (χ2n) is 5.98. The van der Waals surface area contributed by atoms with Gasteiger partial charge in [0.2, 0.25) is 5.95 Å². The molecule has 2 aromatic rings. The molecule has 1 saturated carbocycles. The van der Waals surface area contributed by atoms with Crippen LogP contribution in [-0.4, -0.2) is 28.7 Å². The Labute approximate surface area is 122 Å². The van der Waals surface area contributed by atoms with Crippen molar-refractivity contribution in [2.24, 2.45) is 5.92 Å². The number of para-hydroxylation sites is 1. The molecule has 2 aliphatic rings. The Morgan fingerprint density at radius 1 is 1.24 bits per heavy atom. The number of hydrogen-bond acceptors (Lipinski definition) is 4. The van der Waals surface area contributed by atoms with E-state index in [0.717, 1.165) is 37.8 Å². The minimum Gasteiger partial charge on any atom is -0.378 e. The third kappa shape index (κ3) is 2.31. The zero-order valence-corrected chi connectivity index (χ0v) is 11.8. The summed E-state index contributed by atoms with van der Waals surface area (Å²) in [6.45, 7) is 0.856. The molecule has 1 aromatic carbocycles. The monoisotopic (exact) mass is 285 g/mol. The lowest BCUT2D eigenvalue weighted by molar-refractivity contribution is 0.0619. The van der Waals surface area contributed by atoms with Crippen LogP contribution >= 0.6 is 0 Å². The van der Waals surface area contributed by atoms with Gasteiger partial charge in [-0.25, -0.2) is 4.98 Å². The molecule has 110 valence electrons. The van der Waals surface area contributed by atoms with Crippen LogP contribution < -0.4 is 10.9 Å². The Kier molecular flexibility index (Phi) is 3.15. The van der Waals surface area contributed by atoms with E-state index in [1.54, 1.807) is 6.07 Å². The lowest BCUT2D eigenvalue weighted by Crippen LogP contribution is -2.39. The fourth-order valence-corrected chi connectivity index (χ4v) is 3.69. The van der Waals surface area contributed by atoms with Gasteiger partial charge in [0.05, 0.1) is 17.0 Å². The number of aromatic amines is 1. The van der Waals surface area contributed by atoms with Gasteiger partial charge in [-0.3, -0.25) is 9.78 Å². The Balaban J connectivity index is 1.63. The van der Waals surface area contributed by atoms with Gasteiger partial charge in [0.1, 0.15) is 0 Å². The first-order valence-corrected chi connectivity index (χ1v) is 7.68. The van der Waals surface area contributed by atoms with Crippen LogP contribution in [0.15, 0.2) is 29.1 Å². The van der Waals surface area contributed by atoms with Crippen molar-refractivity contribution in [2.45, 2.75) is 37.8 Å². The van der Waals surface area contributed by atoms with Crippen molar-refractivity contribution in [1.29, 1.82) is 0 Å². The summed E-state index contributed by atoms with van der Waals surface area (Å²) >= 11 is 0. The summed E-state index contributed by atoms with van der Waals surface area (Å²) in [6, 6.07) is 7.77.